The minimum atomic E-state index is -0.313. The molecule has 0 aromatic heterocycles. The Morgan fingerprint density at radius 1 is 1.23 bits per heavy atom. The van der Waals surface area contributed by atoms with E-state index < -0.39 is 0 Å². The number of benzene rings is 2. The van der Waals surface area contributed by atoms with Crippen molar-refractivity contribution in [3.63, 3.8) is 0 Å². The van der Waals surface area contributed by atoms with Crippen LogP contribution in [0.1, 0.15) is 18.4 Å². The van der Waals surface area contributed by atoms with E-state index in [4.69, 9.17) is 21.1 Å². The van der Waals surface area contributed by atoms with Crippen molar-refractivity contribution in [1.82, 2.24) is 5.32 Å². The molecule has 3 rings (SSSR count). The summed E-state index contributed by atoms with van der Waals surface area (Å²) >= 11 is 6.21. The monoisotopic (exact) mass is 378 g/mol. The first-order valence-electron chi connectivity index (χ1n) is 8.42. The molecule has 0 spiro atoms. The van der Waals surface area contributed by atoms with Crippen LogP contribution in [0, 0.1) is 5.82 Å². The number of halogens is 2. The molecular formula is C19H20ClFN2O3. The third kappa shape index (κ3) is 5.34. The third-order valence-corrected chi connectivity index (χ3v) is 4.33. The topological polar surface area (TPSA) is 59.6 Å². The van der Waals surface area contributed by atoms with Gasteiger partial charge in [-0.3, -0.25) is 0 Å². The van der Waals surface area contributed by atoms with Crippen molar-refractivity contribution in [2.75, 3.05) is 18.5 Å². The summed E-state index contributed by atoms with van der Waals surface area (Å²) in [6, 6.07) is 11.0. The molecule has 1 heterocycles. The fraction of sp³-hybridized carbons (Fsp3) is 0.316. The van der Waals surface area contributed by atoms with Crippen molar-refractivity contribution in [2.24, 2.45) is 0 Å². The molecule has 0 bridgehead atoms. The van der Waals surface area contributed by atoms with Crippen LogP contribution in [0.3, 0.4) is 0 Å². The summed E-state index contributed by atoms with van der Waals surface area (Å²) in [5.41, 5.74) is 1.27. The Hall–Kier alpha value is -2.31. The molecule has 2 N–H and O–H groups in total. The van der Waals surface area contributed by atoms with E-state index in [1.54, 1.807) is 30.3 Å². The molecule has 26 heavy (non-hydrogen) atoms. The van der Waals surface area contributed by atoms with E-state index in [2.05, 4.69) is 10.6 Å². The number of carbonyl (C=O) groups excluding carboxylic acids is 1. The van der Waals surface area contributed by atoms with Crippen molar-refractivity contribution in [1.29, 1.82) is 0 Å². The zero-order valence-electron chi connectivity index (χ0n) is 14.1. The maximum atomic E-state index is 13.2. The van der Waals surface area contributed by atoms with Crippen LogP contribution in [0.15, 0.2) is 42.5 Å². The zero-order valence-corrected chi connectivity index (χ0v) is 14.9. The number of hydrogen-bond acceptors (Lipinski definition) is 3. The van der Waals surface area contributed by atoms with Crippen LogP contribution in [0.5, 0.6) is 5.75 Å². The predicted octanol–water partition coefficient (Wildman–Crippen LogP) is 4.36. The molecule has 1 fully saturated rings. The number of urea groups is 1. The maximum Gasteiger partial charge on any atom is 0.319 e. The second-order valence-electron chi connectivity index (χ2n) is 6.05. The molecule has 0 saturated carbocycles. The van der Waals surface area contributed by atoms with Gasteiger partial charge in [-0.05, 0) is 48.7 Å². The average molecular weight is 379 g/mol. The molecule has 0 atom stereocenters. The summed E-state index contributed by atoms with van der Waals surface area (Å²) in [7, 11) is 0. The molecule has 138 valence electrons. The first kappa shape index (κ1) is 18.5. The van der Waals surface area contributed by atoms with Crippen LogP contribution in [-0.2, 0) is 11.3 Å². The van der Waals surface area contributed by atoms with E-state index in [1.807, 2.05) is 0 Å². The molecule has 1 saturated heterocycles. The van der Waals surface area contributed by atoms with E-state index in [9.17, 15) is 9.18 Å². The molecule has 0 radical (unpaired) electrons. The second kappa shape index (κ2) is 8.87. The molecular weight excluding hydrogens is 359 g/mol. The lowest BCUT2D eigenvalue weighted by molar-refractivity contribution is 0.0806. The van der Waals surface area contributed by atoms with E-state index in [1.165, 1.54) is 12.1 Å². The van der Waals surface area contributed by atoms with E-state index in [0.29, 0.717) is 35.2 Å². The minimum absolute atomic E-state index is 0.119. The number of hydrogen-bond donors (Lipinski definition) is 2. The Bertz CT molecular complexity index is 766. The zero-order chi connectivity index (χ0) is 18.4. The van der Waals surface area contributed by atoms with Crippen LogP contribution >= 0.6 is 11.6 Å². The Balaban J connectivity index is 1.54. The lowest BCUT2D eigenvalue weighted by Gasteiger charge is -2.23. The normalized spacial score (nSPS) is 14.7. The number of anilines is 1. The molecule has 2 aromatic carbocycles. The summed E-state index contributed by atoms with van der Waals surface area (Å²) in [6.45, 7) is 1.52. The fourth-order valence-electron chi connectivity index (χ4n) is 2.68. The van der Waals surface area contributed by atoms with Crippen molar-refractivity contribution in [3.8, 4) is 5.75 Å². The first-order valence-corrected chi connectivity index (χ1v) is 8.80. The Morgan fingerprint density at radius 2 is 2.04 bits per heavy atom. The predicted molar refractivity (Wildman–Crippen MR) is 98.2 cm³/mol. The number of amides is 2. The second-order valence-corrected chi connectivity index (χ2v) is 6.46. The maximum absolute atomic E-state index is 13.2. The smallest absolute Gasteiger partial charge is 0.319 e. The molecule has 2 amide bonds. The van der Waals surface area contributed by atoms with Crippen LogP contribution in [0.2, 0.25) is 5.02 Å². The third-order valence-electron chi connectivity index (χ3n) is 4.03. The van der Waals surface area contributed by atoms with Crippen LogP contribution in [0.25, 0.3) is 0 Å². The molecule has 0 unspecified atom stereocenters. The highest BCUT2D eigenvalue weighted by molar-refractivity contribution is 6.32. The van der Waals surface area contributed by atoms with Gasteiger partial charge in [-0.1, -0.05) is 23.7 Å². The Kier molecular flexibility index (Phi) is 6.30. The SMILES string of the molecule is O=C(Nc1ccc(OCc2cccc(F)c2)c(Cl)c1)NC1CCOCC1. The Morgan fingerprint density at radius 3 is 2.77 bits per heavy atom. The first-order chi connectivity index (χ1) is 12.6. The number of carbonyl (C=O) groups is 1. The van der Waals surface area contributed by atoms with Crippen molar-refractivity contribution >= 4 is 23.3 Å². The molecule has 1 aliphatic rings. The number of ether oxygens (including phenoxy) is 2. The van der Waals surface area contributed by atoms with Crippen LogP contribution in [0.4, 0.5) is 14.9 Å². The highest BCUT2D eigenvalue weighted by Gasteiger charge is 2.16. The standard InChI is InChI=1S/C19H20ClFN2O3/c20-17-11-16(23-19(24)22-15-6-8-25-9-7-15)4-5-18(17)26-12-13-2-1-3-14(21)10-13/h1-5,10-11,15H,6-9,12H2,(H2,22,23,24). The summed E-state index contributed by atoms with van der Waals surface area (Å²) in [5.74, 6) is 0.151. The molecule has 1 aliphatic heterocycles. The van der Waals surface area contributed by atoms with Gasteiger partial charge < -0.3 is 20.1 Å². The summed E-state index contributed by atoms with van der Waals surface area (Å²) < 4.78 is 24.1. The summed E-state index contributed by atoms with van der Waals surface area (Å²) in [5, 5.41) is 6.04. The van der Waals surface area contributed by atoms with Crippen LogP contribution < -0.4 is 15.4 Å². The minimum Gasteiger partial charge on any atom is -0.487 e. The quantitative estimate of drug-likeness (QED) is 0.812. The van der Waals surface area contributed by atoms with Gasteiger partial charge in [0, 0.05) is 24.9 Å². The number of nitrogens with one attached hydrogen (secondary N) is 2. The van der Waals surface area contributed by atoms with Gasteiger partial charge in [0.15, 0.2) is 0 Å². The summed E-state index contributed by atoms with van der Waals surface area (Å²) in [4.78, 5) is 12.0. The van der Waals surface area contributed by atoms with E-state index in [0.717, 1.165) is 12.8 Å². The lowest BCUT2D eigenvalue weighted by Crippen LogP contribution is -2.41. The Labute approximate surface area is 156 Å². The molecule has 2 aromatic rings. The van der Waals surface area contributed by atoms with E-state index in [-0.39, 0.29) is 24.5 Å². The lowest BCUT2D eigenvalue weighted by atomic mass is 10.1. The van der Waals surface area contributed by atoms with Crippen LogP contribution in [-0.4, -0.2) is 25.3 Å². The highest BCUT2D eigenvalue weighted by atomic mass is 35.5. The molecule has 7 heteroatoms. The van der Waals surface area contributed by atoms with Crippen molar-refractivity contribution in [2.45, 2.75) is 25.5 Å². The van der Waals surface area contributed by atoms with E-state index >= 15 is 0 Å². The molecule has 0 aliphatic carbocycles. The van der Waals surface area contributed by atoms with Gasteiger partial charge in [0.2, 0.25) is 0 Å². The van der Waals surface area contributed by atoms with Gasteiger partial charge >= 0.3 is 6.03 Å². The van der Waals surface area contributed by atoms with Crippen molar-refractivity contribution in [3.05, 3.63) is 58.9 Å². The highest BCUT2D eigenvalue weighted by Crippen LogP contribution is 2.28. The van der Waals surface area contributed by atoms with Gasteiger partial charge in [-0.25, -0.2) is 9.18 Å². The average Bonchev–Trinajstić information content (AvgIpc) is 2.62. The van der Waals surface area contributed by atoms with Gasteiger partial charge in [-0.2, -0.15) is 0 Å². The largest absolute Gasteiger partial charge is 0.487 e. The van der Waals surface area contributed by atoms with Gasteiger partial charge in [0.25, 0.3) is 0 Å². The molecule has 5 nitrogen and oxygen atoms in total. The van der Waals surface area contributed by atoms with Gasteiger partial charge in [0.1, 0.15) is 18.2 Å². The van der Waals surface area contributed by atoms with Gasteiger partial charge in [0.05, 0.1) is 5.02 Å². The fourth-order valence-corrected chi connectivity index (χ4v) is 2.91. The van der Waals surface area contributed by atoms with Gasteiger partial charge in [-0.15, -0.1) is 0 Å². The van der Waals surface area contributed by atoms with Crippen molar-refractivity contribution < 1.29 is 18.7 Å². The summed E-state index contributed by atoms with van der Waals surface area (Å²) in [6.07, 6.45) is 1.61. The number of rotatable bonds is 5.